The molecule has 0 bridgehead atoms. The molecule has 0 unspecified atom stereocenters. The fraction of sp³-hybridized carbons (Fsp3) is 1.00. The van der Waals surface area contributed by atoms with Crippen LogP contribution in [-0.4, -0.2) is 56.8 Å². The van der Waals surface area contributed by atoms with E-state index < -0.39 is 0 Å². The lowest BCUT2D eigenvalue weighted by Gasteiger charge is -2.39. The molecule has 0 fully saturated rings. The van der Waals surface area contributed by atoms with Crippen LogP contribution in [0.3, 0.4) is 0 Å². The molecule has 0 saturated heterocycles. The summed E-state index contributed by atoms with van der Waals surface area (Å²) in [5.41, 5.74) is 22.6. The van der Waals surface area contributed by atoms with Crippen LogP contribution < -0.4 is 35.3 Å². The fourth-order valence-corrected chi connectivity index (χ4v) is 2.54. The van der Waals surface area contributed by atoms with Gasteiger partial charge in [0.25, 0.3) is 0 Å². The summed E-state index contributed by atoms with van der Waals surface area (Å²) in [5, 5.41) is 0. The molecule has 118 valence electrons. The van der Waals surface area contributed by atoms with Gasteiger partial charge in [-0.3, -0.25) is 0 Å². The molecule has 0 heterocycles. The average molecular weight is 296 g/mol. The number of nitrogens with two attached hydrogens (primary N) is 4. The van der Waals surface area contributed by atoms with Crippen LogP contribution in [-0.2, 0) is 0 Å². The van der Waals surface area contributed by atoms with Gasteiger partial charge in [0.05, 0.1) is 26.2 Å². The van der Waals surface area contributed by atoms with E-state index in [1.54, 1.807) is 0 Å². The van der Waals surface area contributed by atoms with Crippen LogP contribution in [0.25, 0.3) is 0 Å². The van der Waals surface area contributed by atoms with Crippen molar-refractivity contribution in [2.75, 3.05) is 52.4 Å². The molecule has 0 aromatic rings. The summed E-state index contributed by atoms with van der Waals surface area (Å²) in [6.45, 7) is 7.73. The number of hydrogen-bond acceptors (Lipinski definition) is 4. The molecule has 0 spiro atoms. The smallest absolute Gasteiger partial charge is 0.0798 e. The average Bonchev–Trinajstić information content (AvgIpc) is 2.40. The quantitative estimate of drug-likeness (QED) is 0.210. The third-order valence-electron chi connectivity index (χ3n) is 3.60. The summed E-state index contributed by atoms with van der Waals surface area (Å²) < 4.78 is 1.13. The van der Waals surface area contributed by atoms with Gasteiger partial charge in [0.2, 0.25) is 0 Å². The van der Waals surface area contributed by atoms with Gasteiger partial charge in [-0.1, -0.05) is 0 Å². The monoisotopic (exact) mass is 295 g/mol. The van der Waals surface area contributed by atoms with E-state index in [4.69, 9.17) is 22.9 Å². The molecule has 0 aliphatic heterocycles. The van der Waals surface area contributed by atoms with Gasteiger partial charge < -0.3 is 39.8 Å². The molecule has 0 aliphatic rings. The second kappa shape index (κ2) is 14.5. The first-order valence-electron chi connectivity index (χ1n) is 7.40. The van der Waals surface area contributed by atoms with E-state index in [0.29, 0.717) is 0 Å². The first kappa shape index (κ1) is 21.4. The zero-order valence-corrected chi connectivity index (χ0v) is 13.1. The molecule has 0 saturated carbocycles. The zero-order chi connectivity index (χ0) is 13.7. The third-order valence-corrected chi connectivity index (χ3v) is 3.60. The topological polar surface area (TPSA) is 104 Å². The second-order valence-electron chi connectivity index (χ2n) is 5.16. The van der Waals surface area contributed by atoms with E-state index >= 15 is 0 Å². The van der Waals surface area contributed by atoms with Crippen LogP contribution >= 0.6 is 0 Å². The summed E-state index contributed by atoms with van der Waals surface area (Å²) in [6, 6.07) is 0. The standard InChI is InChI=1S/C13H34N5.ClH/c14-6-1-2-10-18(11-3-7-15,12-4-8-16)13-5-9-17;/h1-17H2;1H/q+1;/p-1. The predicted octanol–water partition coefficient (Wildman–Crippen LogP) is -3.41. The van der Waals surface area contributed by atoms with Crippen LogP contribution in [0.5, 0.6) is 0 Å². The Morgan fingerprint density at radius 2 is 0.789 bits per heavy atom. The van der Waals surface area contributed by atoms with Gasteiger partial charge in [-0.05, 0) is 39.0 Å². The molecule has 0 amide bonds. The van der Waals surface area contributed by atoms with Gasteiger partial charge in [-0.15, -0.1) is 0 Å². The fourth-order valence-electron chi connectivity index (χ4n) is 2.54. The van der Waals surface area contributed by atoms with Crippen molar-refractivity contribution in [2.24, 2.45) is 22.9 Å². The maximum Gasteiger partial charge on any atom is 0.0798 e. The zero-order valence-electron chi connectivity index (χ0n) is 12.3. The van der Waals surface area contributed by atoms with Crippen molar-refractivity contribution in [1.82, 2.24) is 0 Å². The molecule has 0 rings (SSSR count). The van der Waals surface area contributed by atoms with E-state index in [9.17, 15) is 0 Å². The second-order valence-corrected chi connectivity index (χ2v) is 5.16. The molecular formula is C13H34ClN5. The lowest BCUT2D eigenvalue weighted by Crippen LogP contribution is -3.00. The first-order chi connectivity index (χ1) is 8.74. The Balaban J connectivity index is 0. The number of unbranched alkanes of at least 4 members (excludes halogenated alkanes) is 1. The summed E-state index contributed by atoms with van der Waals surface area (Å²) in [4.78, 5) is 0. The van der Waals surface area contributed by atoms with E-state index in [0.717, 1.165) is 76.0 Å². The maximum atomic E-state index is 5.67. The summed E-state index contributed by atoms with van der Waals surface area (Å²) in [7, 11) is 0. The SMILES string of the molecule is NCCCC[N+](CCCN)(CCCN)CCCN.[Cl-]. The highest BCUT2D eigenvalue weighted by molar-refractivity contribution is 4.52. The maximum absolute atomic E-state index is 5.67. The lowest BCUT2D eigenvalue weighted by atomic mass is 10.1. The van der Waals surface area contributed by atoms with Crippen LogP contribution in [0.4, 0.5) is 0 Å². The molecule has 0 atom stereocenters. The number of rotatable bonds is 13. The van der Waals surface area contributed by atoms with Crippen LogP contribution in [0.2, 0.25) is 0 Å². The number of quaternary nitrogens is 1. The molecule has 6 heteroatoms. The Morgan fingerprint density at radius 3 is 1.11 bits per heavy atom. The van der Waals surface area contributed by atoms with Gasteiger partial charge in [-0.25, -0.2) is 0 Å². The molecule has 19 heavy (non-hydrogen) atoms. The van der Waals surface area contributed by atoms with Crippen molar-refractivity contribution in [1.29, 1.82) is 0 Å². The Hall–Kier alpha value is 0.0900. The number of nitrogens with zero attached hydrogens (tertiary/aromatic N) is 1. The Morgan fingerprint density at radius 1 is 0.474 bits per heavy atom. The van der Waals surface area contributed by atoms with Gasteiger partial charge in [0.1, 0.15) is 0 Å². The van der Waals surface area contributed by atoms with E-state index in [-0.39, 0.29) is 12.4 Å². The highest BCUT2D eigenvalue weighted by atomic mass is 35.5. The van der Waals surface area contributed by atoms with Gasteiger partial charge in [-0.2, -0.15) is 0 Å². The highest BCUT2D eigenvalue weighted by Gasteiger charge is 2.25. The summed E-state index contributed by atoms with van der Waals surface area (Å²) in [5.74, 6) is 0. The van der Waals surface area contributed by atoms with Crippen molar-refractivity contribution in [2.45, 2.75) is 32.1 Å². The number of halogens is 1. The molecule has 0 aromatic heterocycles. The van der Waals surface area contributed by atoms with Crippen molar-refractivity contribution < 1.29 is 16.9 Å². The Labute approximate surface area is 125 Å². The molecule has 0 aromatic carbocycles. The Bertz CT molecular complexity index is 159. The minimum absolute atomic E-state index is 0. The molecule has 5 nitrogen and oxygen atoms in total. The molecule has 0 aliphatic carbocycles. The van der Waals surface area contributed by atoms with Gasteiger partial charge >= 0.3 is 0 Å². The number of hydrogen-bond donors (Lipinski definition) is 4. The van der Waals surface area contributed by atoms with Crippen molar-refractivity contribution in [3.8, 4) is 0 Å². The molecule has 0 radical (unpaired) electrons. The third kappa shape index (κ3) is 10.5. The Kier molecular flexibility index (Phi) is 16.3. The van der Waals surface area contributed by atoms with E-state index in [2.05, 4.69) is 0 Å². The summed E-state index contributed by atoms with van der Waals surface area (Å²) in [6.07, 6.45) is 5.54. The minimum atomic E-state index is 0. The van der Waals surface area contributed by atoms with Crippen molar-refractivity contribution in [3.05, 3.63) is 0 Å². The largest absolute Gasteiger partial charge is 1.00 e. The predicted molar refractivity (Wildman–Crippen MR) is 79.0 cm³/mol. The van der Waals surface area contributed by atoms with E-state index in [1.807, 2.05) is 0 Å². The van der Waals surface area contributed by atoms with Gasteiger partial charge in [0.15, 0.2) is 0 Å². The first-order valence-corrected chi connectivity index (χ1v) is 7.40. The van der Waals surface area contributed by atoms with Gasteiger partial charge in [0, 0.05) is 19.3 Å². The van der Waals surface area contributed by atoms with Crippen LogP contribution in [0, 0.1) is 0 Å². The van der Waals surface area contributed by atoms with Crippen molar-refractivity contribution >= 4 is 0 Å². The molecule has 8 N–H and O–H groups in total. The van der Waals surface area contributed by atoms with Crippen LogP contribution in [0.1, 0.15) is 32.1 Å². The molecular weight excluding hydrogens is 262 g/mol. The van der Waals surface area contributed by atoms with Crippen LogP contribution in [0.15, 0.2) is 0 Å². The van der Waals surface area contributed by atoms with E-state index in [1.165, 1.54) is 13.0 Å². The normalized spacial score (nSPS) is 11.4. The minimum Gasteiger partial charge on any atom is -1.00 e. The highest BCUT2D eigenvalue weighted by Crippen LogP contribution is 2.13. The van der Waals surface area contributed by atoms with Crippen molar-refractivity contribution in [3.63, 3.8) is 0 Å². The summed E-state index contributed by atoms with van der Waals surface area (Å²) >= 11 is 0. The lowest BCUT2D eigenvalue weighted by molar-refractivity contribution is -0.928.